The Hall–Kier alpha value is -2.07. The Labute approximate surface area is 144 Å². The van der Waals surface area contributed by atoms with Gasteiger partial charge in [-0.3, -0.25) is 0 Å². The maximum absolute atomic E-state index is 5.47. The lowest BCUT2D eigenvalue weighted by Crippen LogP contribution is -2.34. The average Bonchev–Trinajstić information content (AvgIpc) is 2.55. The monoisotopic (exact) mass is 328 g/mol. The van der Waals surface area contributed by atoms with Gasteiger partial charge in [-0.2, -0.15) is 0 Å². The number of hydrogen-bond acceptors (Lipinski definition) is 2. The van der Waals surface area contributed by atoms with Crippen LogP contribution < -0.4 is 15.4 Å². The van der Waals surface area contributed by atoms with Gasteiger partial charge in [-0.15, -0.1) is 0 Å². The van der Waals surface area contributed by atoms with Crippen LogP contribution in [0.4, 0.5) is 5.69 Å². The van der Waals surface area contributed by atoms with Gasteiger partial charge in [0.2, 0.25) is 0 Å². The van der Waals surface area contributed by atoms with Crippen molar-refractivity contribution in [3.8, 4) is 5.75 Å². The van der Waals surface area contributed by atoms with E-state index in [9.17, 15) is 0 Å². The van der Waals surface area contributed by atoms with Crippen LogP contribution >= 0.6 is 12.2 Å². The van der Waals surface area contributed by atoms with Gasteiger partial charge >= 0.3 is 0 Å². The van der Waals surface area contributed by atoms with E-state index >= 15 is 0 Å². The fourth-order valence-electron chi connectivity index (χ4n) is 2.39. The zero-order valence-electron chi connectivity index (χ0n) is 14.1. The first-order chi connectivity index (χ1) is 11.0. The second-order valence-corrected chi connectivity index (χ2v) is 6.37. The number of nitrogens with one attached hydrogen (secondary N) is 2. The molecular formula is C19H24N2OS. The Morgan fingerprint density at radius 3 is 2.13 bits per heavy atom. The van der Waals surface area contributed by atoms with Crippen molar-refractivity contribution >= 4 is 23.0 Å². The largest absolute Gasteiger partial charge is 0.497 e. The van der Waals surface area contributed by atoms with Gasteiger partial charge in [0.05, 0.1) is 13.2 Å². The van der Waals surface area contributed by atoms with Crippen molar-refractivity contribution in [3.05, 3.63) is 59.7 Å². The van der Waals surface area contributed by atoms with Crippen LogP contribution in [0.1, 0.15) is 31.0 Å². The van der Waals surface area contributed by atoms with Crippen LogP contribution in [-0.4, -0.2) is 12.2 Å². The van der Waals surface area contributed by atoms with Crippen LogP contribution in [0.25, 0.3) is 0 Å². The lowest BCUT2D eigenvalue weighted by molar-refractivity contribution is 0.413. The summed E-state index contributed by atoms with van der Waals surface area (Å²) in [6.45, 7) is 6.42. The Bertz CT molecular complexity index is 635. The van der Waals surface area contributed by atoms with Crippen molar-refractivity contribution in [1.29, 1.82) is 0 Å². The van der Waals surface area contributed by atoms with Crippen LogP contribution in [0, 0.1) is 12.8 Å². The van der Waals surface area contributed by atoms with E-state index in [0.717, 1.165) is 11.4 Å². The summed E-state index contributed by atoms with van der Waals surface area (Å²) in [5.41, 5.74) is 3.41. The molecule has 2 rings (SSSR count). The summed E-state index contributed by atoms with van der Waals surface area (Å²) in [5.74, 6) is 1.26. The van der Waals surface area contributed by atoms with E-state index in [4.69, 9.17) is 17.0 Å². The molecule has 0 unspecified atom stereocenters. The molecule has 0 saturated carbocycles. The third-order valence-electron chi connectivity index (χ3n) is 3.74. The van der Waals surface area contributed by atoms with Crippen molar-refractivity contribution < 1.29 is 4.74 Å². The average molecular weight is 328 g/mol. The summed E-state index contributed by atoms with van der Waals surface area (Å²) in [7, 11) is 1.67. The van der Waals surface area contributed by atoms with Gasteiger partial charge < -0.3 is 15.4 Å². The predicted octanol–water partition coefficient (Wildman–Crippen LogP) is 4.69. The molecule has 23 heavy (non-hydrogen) atoms. The van der Waals surface area contributed by atoms with Crippen molar-refractivity contribution in [2.75, 3.05) is 12.4 Å². The fourth-order valence-corrected chi connectivity index (χ4v) is 2.64. The predicted molar refractivity (Wildman–Crippen MR) is 101 cm³/mol. The normalized spacial score (nSPS) is 11.9. The smallest absolute Gasteiger partial charge is 0.171 e. The number of anilines is 1. The Morgan fingerprint density at radius 2 is 1.61 bits per heavy atom. The zero-order chi connectivity index (χ0) is 16.8. The first-order valence-electron chi connectivity index (χ1n) is 7.77. The summed E-state index contributed by atoms with van der Waals surface area (Å²) < 4.78 is 5.22. The highest BCUT2D eigenvalue weighted by atomic mass is 32.1. The lowest BCUT2D eigenvalue weighted by Gasteiger charge is -2.25. The molecule has 122 valence electrons. The Morgan fingerprint density at radius 1 is 1.00 bits per heavy atom. The molecular weight excluding hydrogens is 304 g/mol. The van der Waals surface area contributed by atoms with Gasteiger partial charge in [-0.1, -0.05) is 43.7 Å². The molecule has 2 aromatic carbocycles. The Balaban J connectivity index is 2.06. The second-order valence-electron chi connectivity index (χ2n) is 5.96. The molecule has 0 heterocycles. The van der Waals surface area contributed by atoms with E-state index in [-0.39, 0.29) is 6.04 Å². The fraction of sp³-hybridized carbons (Fsp3) is 0.316. The highest BCUT2D eigenvalue weighted by Gasteiger charge is 2.17. The molecule has 0 aliphatic carbocycles. The first-order valence-corrected chi connectivity index (χ1v) is 8.18. The topological polar surface area (TPSA) is 33.3 Å². The molecule has 2 N–H and O–H groups in total. The van der Waals surface area contributed by atoms with Crippen molar-refractivity contribution in [3.63, 3.8) is 0 Å². The molecule has 4 heteroatoms. The van der Waals surface area contributed by atoms with Gasteiger partial charge in [-0.25, -0.2) is 0 Å². The highest BCUT2D eigenvalue weighted by molar-refractivity contribution is 7.80. The van der Waals surface area contributed by atoms with Gasteiger partial charge in [0.25, 0.3) is 0 Å². The standard InChI is InChI=1S/C19H24N2OS/c1-13(2)18(15-7-11-17(22-4)12-8-15)21-19(23)20-16-9-5-14(3)6-10-16/h5-13,18H,1-4H3,(H2,20,21,23)/t18-/m0/s1. The maximum atomic E-state index is 5.47. The summed E-state index contributed by atoms with van der Waals surface area (Å²) in [6, 6.07) is 16.4. The lowest BCUT2D eigenvalue weighted by atomic mass is 9.96. The van der Waals surface area contributed by atoms with Crippen molar-refractivity contribution in [2.45, 2.75) is 26.8 Å². The molecule has 0 radical (unpaired) electrons. The maximum Gasteiger partial charge on any atom is 0.171 e. The molecule has 2 aromatic rings. The molecule has 0 fully saturated rings. The molecule has 3 nitrogen and oxygen atoms in total. The van der Waals surface area contributed by atoms with Crippen LogP contribution in [0.15, 0.2) is 48.5 Å². The van der Waals surface area contributed by atoms with E-state index < -0.39 is 0 Å². The molecule has 1 atom stereocenters. The molecule has 0 bridgehead atoms. The van der Waals surface area contributed by atoms with E-state index in [0.29, 0.717) is 11.0 Å². The van der Waals surface area contributed by atoms with E-state index in [2.05, 4.69) is 55.7 Å². The molecule has 0 aliphatic heterocycles. The highest BCUT2D eigenvalue weighted by Crippen LogP contribution is 2.24. The number of ether oxygens (including phenoxy) is 1. The van der Waals surface area contributed by atoms with E-state index in [1.807, 2.05) is 24.3 Å². The SMILES string of the molecule is COc1ccc([C@@H](NC(=S)Nc2ccc(C)cc2)C(C)C)cc1. The number of hydrogen-bond donors (Lipinski definition) is 2. The number of methoxy groups -OCH3 is 1. The molecule has 0 aliphatic rings. The van der Waals surface area contributed by atoms with Gasteiger partial charge in [-0.05, 0) is 54.9 Å². The quantitative estimate of drug-likeness (QED) is 0.780. The zero-order valence-corrected chi connectivity index (χ0v) is 14.9. The third-order valence-corrected chi connectivity index (χ3v) is 3.96. The summed E-state index contributed by atoms with van der Waals surface area (Å²) in [6.07, 6.45) is 0. The summed E-state index contributed by atoms with van der Waals surface area (Å²) in [4.78, 5) is 0. The minimum absolute atomic E-state index is 0.145. The molecule has 0 spiro atoms. The molecule has 0 aromatic heterocycles. The summed E-state index contributed by atoms with van der Waals surface area (Å²) in [5, 5.41) is 7.28. The Kier molecular flexibility index (Phi) is 5.99. The first kappa shape index (κ1) is 17.3. The molecule has 0 saturated heterocycles. The van der Waals surface area contributed by atoms with Crippen LogP contribution in [0.5, 0.6) is 5.75 Å². The number of aryl methyl sites for hydroxylation is 1. The van der Waals surface area contributed by atoms with Crippen LogP contribution in [-0.2, 0) is 0 Å². The van der Waals surface area contributed by atoms with E-state index in [1.54, 1.807) is 7.11 Å². The number of rotatable bonds is 5. The van der Waals surface area contributed by atoms with Crippen LogP contribution in [0.3, 0.4) is 0 Å². The summed E-state index contributed by atoms with van der Waals surface area (Å²) >= 11 is 5.47. The number of benzene rings is 2. The van der Waals surface area contributed by atoms with Gasteiger partial charge in [0.1, 0.15) is 5.75 Å². The second kappa shape index (κ2) is 7.97. The van der Waals surface area contributed by atoms with Crippen molar-refractivity contribution in [1.82, 2.24) is 5.32 Å². The third kappa shape index (κ3) is 4.96. The molecule has 0 amide bonds. The van der Waals surface area contributed by atoms with Crippen LogP contribution in [0.2, 0.25) is 0 Å². The van der Waals surface area contributed by atoms with Crippen molar-refractivity contribution in [2.24, 2.45) is 5.92 Å². The van der Waals surface area contributed by atoms with Gasteiger partial charge in [0, 0.05) is 5.69 Å². The minimum Gasteiger partial charge on any atom is -0.497 e. The van der Waals surface area contributed by atoms with E-state index in [1.165, 1.54) is 11.1 Å². The number of thiocarbonyl (C=S) groups is 1. The minimum atomic E-state index is 0.145. The van der Waals surface area contributed by atoms with Gasteiger partial charge in [0.15, 0.2) is 5.11 Å².